The molecule has 0 saturated carbocycles. The van der Waals surface area contributed by atoms with Crippen LogP contribution in [0.5, 0.6) is 0 Å². The molecule has 0 aromatic rings. The van der Waals surface area contributed by atoms with Gasteiger partial charge in [0.15, 0.2) is 0 Å². The minimum atomic E-state index is -0.942. The highest BCUT2D eigenvalue weighted by molar-refractivity contribution is 6.00. The molecular weight excluding hydrogens is 252 g/mol. The fraction of sp³-hybridized carbons (Fsp3) is 0.538. The number of carbonyl (C=O) groups excluding carboxylic acids is 4. The monoisotopic (exact) mass is 264 g/mol. The quantitative estimate of drug-likeness (QED) is 0.386. The molecule has 2 heterocycles. The molecule has 0 amide bonds. The van der Waals surface area contributed by atoms with Crippen LogP contribution in [0, 0.1) is 23.2 Å². The number of carbonyl (C=O) groups is 4. The zero-order chi connectivity index (χ0) is 13.8. The molecule has 100 valence electrons. The molecule has 19 heavy (non-hydrogen) atoms. The minimum absolute atomic E-state index is 0.0254. The molecule has 0 bridgehead atoms. The van der Waals surface area contributed by atoms with E-state index in [1.54, 1.807) is 19.1 Å². The minimum Gasteiger partial charge on any atom is -0.393 e. The Labute approximate surface area is 108 Å². The SMILES string of the molecule is CC12CC(C3CC(=O)OC3=O)C=CC1C(=O)OC2=O. The van der Waals surface area contributed by atoms with E-state index in [1.807, 2.05) is 0 Å². The lowest BCUT2D eigenvalue weighted by atomic mass is 9.66. The number of fused-ring (bicyclic) bond motifs is 1. The van der Waals surface area contributed by atoms with Gasteiger partial charge in [-0.05, 0) is 19.3 Å². The summed E-state index contributed by atoms with van der Waals surface area (Å²) in [6.07, 6.45) is 3.66. The largest absolute Gasteiger partial charge is 0.393 e. The van der Waals surface area contributed by atoms with E-state index in [-0.39, 0.29) is 12.3 Å². The van der Waals surface area contributed by atoms with Gasteiger partial charge < -0.3 is 9.47 Å². The van der Waals surface area contributed by atoms with Crippen LogP contribution in [0.4, 0.5) is 0 Å². The van der Waals surface area contributed by atoms with Gasteiger partial charge in [0.05, 0.1) is 23.7 Å². The molecule has 6 nitrogen and oxygen atoms in total. The van der Waals surface area contributed by atoms with Crippen molar-refractivity contribution in [2.24, 2.45) is 23.2 Å². The van der Waals surface area contributed by atoms with Crippen LogP contribution < -0.4 is 0 Å². The second kappa shape index (κ2) is 3.76. The molecule has 2 fully saturated rings. The van der Waals surface area contributed by atoms with Crippen molar-refractivity contribution < 1.29 is 28.7 Å². The first kappa shape index (κ1) is 12.1. The van der Waals surface area contributed by atoms with Crippen LogP contribution >= 0.6 is 0 Å². The average Bonchev–Trinajstić information content (AvgIpc) is 2.77. The van der Waals surface area contributed by atoms with Crippen molar-refractivity contribution in [2.45, 2.75) is 19.8 Å². The molecule has 2 aliphatic heterocycles. The van der Waals surface area contributed by atoms with Crippen molar-refractivity contribution in [3.63, 3.8) is 0 Å². The molecule has 0 aromatic carbocycles. The van der Waals surface area contributed by atoms with E-state index >= 15 is 0 Å². The van der Waals surface area contributed by atoms with Gasteiger partial charge in [0, 0.05) is 0 Å². The summed E-state index contributed by atoms with van der Waals surface area (Å²) in [4.78, 5) is 46.0. The van der Waals surface area contributed by atoms with Crippen LogP contribution in [0.2, 0.25) is 0 Å². The van der Waals surface area contributed by atoms with Crippen molar-refractivity contribution in [3.8, 4) is 0 Å². The number of hydrogen-bond donors (Lipinski definition) is 0. The molecule has 0 spiro atoms. The summed E-state index contributed by atoms with van der Waals surface area (Å²) >= 11 is 0. The van der Waals surface area contributed by atoms with Crippen LogP contribution in [0.1, 0.15) is 19.8 Å². The zero-order valence-electron chi connectivity index (χ0n) is 10.3. The first-order valence-corrected chi connectivity index (χ1v) is 6.11. The molecule has 3 rings (SSSR count). The predicted octanol–water partition coefficient (Wildman–Crippen LogP) is 0.358. The number of hydrogen-bond acceptors (Lipinski definition) is 6. The van der Waals surface area contributed by atoms with E-state index in [1.165, 1.54) is 0 Å². The van der Waals surface area contributed by atoms with Gasteiger partial charge in [-0.2, -0.15) is 0 Å². The van der Waals surface area contributed by atoms with E-state index in [0.29, 0.717) is 6.42 Å². The fourth-order valence-corrected chi connectivity index (χ4v) is 3.07. The number of cyclic esters (lactones) is 4. The van der Waals surface area contributed by atoms with Crippen molar-refractivity contribution in [3.05, 3.63) is 12.2 Å². The molecule has 6 heteroatoms. The summed E-state index contributed by atoms with van der Waals surface area (Å²) in [7, 11) is 0. The Morgan fingerprint density at radius 3 is 2.47 bits per heavy atom. The van der Waals surface area contributed by atoms with Crippen molar-refractivity contribution in [1.82, 2.24) is 0 Å². The zero-order valence-corrected chi connectivity index (χ0v) is 10.3. The number of allylic oxidation sites excluding steroid dienone is 1. The van der Waals surface area contributed by atoms with Crippen molar-refractivity contribution in [1.29, 1.82) is 0 Å². The standard InChI is InChI=1S/C13H12O6/c1-13-5-6(7-4-9(14)18-10(7)15)2-3-8(13)11(16)19-12(13)17/h2-3,6-8H,4-5H2,1H3. The van der Waals surface area contributed by atoms with E-state index in [9.17, 15) is 19.2 Å². The summed E-state index contributed by atoms with van der Waals surface area (Å²) in [5.41, 5.74) is -0.942. The Morgan fingerprint density at radius 1 is 1.11 bits per heavy atom. The Balaban J connectivity index is 1.89. The number of ether oxygens (including phenoxy) is 2. The third-order valence-electron chi connectivity index (χ3n) is 4.23. The Morgan fingerprint density at radius 2 is 1.84 bits per heavy atom. The summed E-state index contributed by atoms with van der Waals surface area (Å²) in [5.74, 6) is -3.64. The van der Waals surface area contributed by atoms with Gasteiger partial charge in [-0.25, -0.2) is 0 Å². The number of rotatable bonds is 1. The highest BCUT2D eigenvalue weighted by Crippen LogP contribution is 2.48. The van der Waals surface area contributed by atoms with E-state index in [0.717, 1.165) is 0 Å². The first-order valence-electron chi connectivity index (χ1n) is 6.11. The second-order valence-electron chi connectivity index (χ2n) is 5.46. The smallest absolute Gasteiger partial charge is 0.321 e. The molecule has 0 radical (unpaired) electrons. The third-order valence-corrected chi connectivity index (χ3v) is 4.23. The lowest BCUT2D eigenvalue weighted by Crippen LogP contribution is -2.37. The molecule has 1 aliphatic carbocycles. The van der Waals surface area contributed by atoms with E-state index < -0.39 is 41.1 Å². The molecule has 2 saturated heterocycles. The lowest BCUT2D eigenvalue weighted by molar-refractivity contribution is -0.157. The van der Waals surface area contributed by atoms with Crippen LogP contribution in [-0.4, -0.2) is 23.9 Å². The molecule has 0 aromatic heterocycles. The Hall–Kier alpha value is -1.98. The Kier molecular flexibility index (Phi) is 2.39. The van der Waals surface area contributed by atoms with Crippen LogP contribution in [0.25, 0.3) is 0 Å². The van der Waals surface area contributed by atoms with Gasteiger partial charge in [0.2, 0.25) is 0 Å². The third kappa shape index (κ3) is 1.63. The van der Waals surface area contributed by atoms with Crippen LogP contribution in [0.15, 0.2) is 12.2 Å². The maximum atomic E-state index is 11.8. The second-order valence-corrected chi connectivity index (χ2v) is 5.46. The van der Waals surface area contributed by atoms with Crippen molar-refractivity contribution >= 4 is 23.9 Å². The van der Waals surface area contributed by atoms with Gasteiger partial charge in [-0.3, -0.25) is 19.2 Å². The van der Waals surface area contributed by atoms with Gasteiger partial charge in [0.25, 0.3) is 0 Å². The molecule has 3 aliphatic rings. The fourth-order valence-electron chi connectivity index (χ4n) is 3.07. The highest BCUT2D eigenvalue weighted by Gasteiger charge is 2.57. The summed E-state index contributed by atoms with van der Waals surface area (Å²) in [5, 5.41) is 0. The number of esters is 4. The van der Waals surface area contributed by atoms with Gasteiger partial charge >= 0.3 is 23.9 Å². The molecule has 4 atom stereocenters. The van der Waals surface area contributed by atoms with Gasteiger partial charge in [-0.15, -0.1) is 0 Å². The van der Waals surface area contributed by atoms with Crippen molar-refractivity contribution in [2.75, 3.05) is 0 Å². The summed E-state index contributed by atoms with van der Waals surface area (Å²) in [6, 6.07) is 0. The highest BCUT2D eigenvalue weighted by atomic mass is 16.6. The average molecular weight is 264 g/mol. The Bertz CT molecular complexity index is 533. The van der Waals surface area contributed by atoms with Gasteiger partial charge in [-0.1, -0.05) is 12.2 Å². The molecule has 0 N–H and O–H groups in total. The van der Waals surface area contributed by atoms with E-state index in [2.05, 4.69) is 9.47 Å². The van der Waals surface area contributed by atoms with Gasteiger partial charge in [0.1, 0.15) is 0 Å². The predicted molar refractivity (Wildman–Crippen MR) is 59.1 cm³/mol. The normalized spacial score (nSPS) is 41.2. The lowest BCUT2D eigenvalue weighted by Gasteiger charge is -2.32. The first-order chi connectivity index (χ1) is 8.91. The topological polar surface area (TPSA) is 86.7 Å². The van der Waals surface area contributed by atoms with Crippen LogP contribution in [0.3, 0.4) is 0 Å². The molecule has 4 unspecified atom stereocenters. The van der Waals surface area contributed by atoms with Crippen LogP contribution in [-0.2, 0) is 28.7 Å². The van der Waals surface area contributed by atoms with E-state index in [4.69, 9.17) is 0 Å². The molecular formula is C13H12O6. The maximum Gasteiger partial charge on any atom is 0.321 e. The summed E-state index contributed by atoms with van der Waals surface area (Å²) < 4.78 is 9.18. The maximum absolute atomic E-state index is 11.8. The summed E-state index contributed by atoms with van der Waals surface area (Å²) in [6.45, 7) is 1.66.